The molecule has 0 spiro atoms. The van der Waals surface area contributed by atoms with Crippen molar-refractivity contribution in [3.05, 3.63) is 50.2 Å². The third kappa shape index (κ3) is 4.30. The first-order valence-electron chi connectivity index (χ1n) is 11.6. The molecule has 0 bridgehead atoms. The van der Waals surface area contributed by atoms with Gasteiger partial charge in [0.15, 0.2) is 0 Å². The molecule has 7 nitrogen and oxygen atoms in total. The third-order valence-electron chi connectivity index (χ3n) is 6.35. The Labute approximate surface area is 206 Å². The van der Waals surface area contributed by atoms with Crippen molar-refractivity contribution in [3.63, 3.8) is 0 Å². The van der Waals surface area contributed by atoms with Crippen LogP contribution >= 0.6 is 22.7 Å². The van der Waals surface area contributed by atoms with E-state index >= 15 is 0 Å². The van der Waals surface area contributed by atoms with Crippen molar-refractivity contribution in [2.24, 2.45) is 0 Å². The number of hydrogen-bond donors (Lipinski definition) is 2. The van der Waals surface area contributed by atoms with Crippen LogP contribution in [-0.4, -0.2) is 31.1 Å². The lowest BCUT2D eigenvalue weighted by Crippen LogP contribution is -2.10. The van der Waals surface area contributed by atoms with Gasteiger partial charge in [-0.2, -0.15) is 0 Å². The molecule has 0 radical (unpaired) electrons. The van der Waals surface area contributed by atoms with Gasteiger partial charge in [0.1, 0.15) is 21.6 Å². The van der Waals surface area contributed by atoms with Crippen LogP contribution in [0.2, 0.25) is 0 Å². The minimum Gasteiger partial charge on any atom is -0.465 e. The van der Waals surface area contributed by atoms with E-state index in [2.05, 4.69) is 10.6 Å². The fraction of sp³-hybridized carbons (Fsp3) is 0.400. The normalized spacial score (nSPS) is 14.6. The minimum atomic E-state index is -0.317. The maximum Gasteiger partial charge on any atom is 0.341 e. The number of carbonyl (C=O) groups is 2. The Bertz CT molecular complexity index is 1160. The van der Waals surface area contributed by atoms with Crippen molar-refractivity contribution in [1.82, 2.24) is 4.98 Å². The molecular formula is C25H27N3O4S2. The first kappa shape index (κ1) is 22.9. The molecule has 2 aliphatic carbocycles. The van der Waals surface area contributed by atoms with Crippen molar-refractivity contribution in [2.75, 3.05) is 24.9 Å². The molecule has 34 heavy (non-hydrogen) atoms. The molecule has 2 N–H and O–H groups in total. The molecule has 9 heteroatoms. The molecule has 0 aromatic carbocycles. The van der Waals surface area contributed by atoms with Gasteiger partial charge in [-0.25, -0.2) is 14.6 Å². The molecule has 178 valence electrons. The van der Waals surface area contributed by atoms with Crippen LogP contribution in [0.25, 0.3) is 0 Å². The number of fused-ring (bicyclic) bond motifs is 2. The summed E-state index contributed by atoms with van der Waals surface area (Å²) in [6, 6.07) is 5.63. The summed E-state index contributed by atoms with van der Waals surface area (Å²) < 4.78 is 10.2. The molecule has 3 aromatic heterocycles. The number of anilines is 4. The van der Waals surface area contributed by atoms with Gasteiger partial charge in [-0.1, -0.05) is 6.07 Å². The van der Waals surface area contributed by atoms with E-state index in [-0.39, 0.29) is 11.9 Å². The van der Waals surface area contributed by atoms with E-state index in [0.29, 0.717) is 22.8 Å². The second-order valence-electron chi connectivity index (χ2n) is 8.47. The molecule has 0 amide bonds. The predicted molar refractivity (Wildman–Crippen MR) is 135 cm³/mol. The zero-order valence-electron chi connectivity index (χ0n) is 19.3. The van der Waals surface area contributed by atoms with Gasteiger partial charge in [0.05, 0.1) is 25.3 Å². The number of rotatable bonds is 6. The van der Waals surface area contributed by atoms with Crippen LogP contribution in [0.15, 0.2) is 18.2 Å². The maximum atomic E-state index is 12.6. The van der Waals surface area contributed by atoms with Gasteiger partial charge >= 0.3 is 11.9 Å². The number of esters is 2. The molecule has 3 heterocycles. The van der Waals surface area contributed by atoms with E-state index < -0.39 is 0 Å². The monoisotopic (exact) mass is 497 g/mol. The van der Waals surface area contributed by atoms with E-state index in [1.807, 2.05) is 18.2 Å². The van der Waals surface area contributed by atoms with Gasteiger partial charge < -0.3 is 20.1 Å². The Morgan fingerprint density at radius 2 is 1.21 bits per heavy atom. The zero-order valence-corrected chi connectivity index (χ0v) is 20.9. The number of nitrogens with one attached hydrogen (secondary N) is 2. The third-order valence-corrected chi connectivity index (χ3v) is 8.77. The first-order valence-corrected chi connectivity index (χ1v) is 13.2. The summed E-state index contributed by atoms with van der Waals surface area (Å²) in [6.45, 7) is 0. The van der Waals surface area contributed by atoms with Gasteiger partial charge in [-0.3, -0.25) is 0 Å². The number of ether oxygens (including phenoxy) is 2. The van der Waals surface area contributed by atoms with Crippen molar-refractivity contribution < 1.29 is 19.1 Å². The van der Waals surface area contributed by atoms with Gasteiger partial charge in [0, 0.05) is 9.75 Å². The van der Waals surface area contributed by atoms with Crippen molar-refractivity contribution in [3.8, 4) is 0 Å². The topological polar surface area (TPSA) is 89.6 Å². The molecule has 3 aromatic rings. The number of aryl methyl sites for hydroxylation is 2. The number of aromatic nitrogens is 1. The summed E-state index contributed by atoms with van der Waals surface area (Å²) >= 11 is 3.21. The van der Waals surface area contributed by atoms with Crippen LogP contribution in [0.5, 0.6) is 0 Å². The van der Waals surface area contributed by atoms with Crippen molar-refractivity contribution >= 4 is 56.3 Å². The molecule has 0 aliphatic heterocycles. The second-order valence-corrected chi connectivity index (χ2v) is 10.7. The number of carbonyl (C=O) groups excluding carboxylic acids is 2. The SMILES string of the molecule is COC(=O)c1c(Nc2cccc(Nc3sc4c(c3C(=O)OC)CCCC4)n2)sc2c1CCCC2. The number of nitrogens with zero attached hydrogens (tertiary/aromatic N) is 1. The molecular weight excluding hydrogens is 470 g/mol. The minimum absolute atomic E-state index is 0.317. The van der Waals surface area contributed by atoms with Crippen LogP contribution in [0, 0.1) is 0 Å². The molecule has 0 saturated carbocycles. The van der Waals surface area contributed by atoms with Gasteiger partial charge in [-0.15, -0.1) is 22.7 Å². The van der Waals surface area contributed by atoms with Gasteiger partial charge in [-0.05, 0) is 74.6 Å². The summed E-state index contributed by atoms with van der Waals surface area (Å²) in [5.74, 6) is 0.607. The fourth-order valence-electron chi connectivity index (χ4n) is 4.75. The van der Waals surface area contributed by atoms with E-state index in [1.165, 1.54) is 24.0 Å². The number of pyridine rings is 1. The molecule has 0 saturated heterocycles. The Hall–Kier alpha value is -2.91. The summed E-state index contributed by atoms with van der Waals surface area (Å²) in [5.41, 5.74) is 3.46. The highest BCUT2D eigenvalue weighted by atomic mass is 32.1. The standard InChI is InChI=1S/C25H27N3O4S2/c1-31-24(29)20-14-8-3-5-10-16(14)33-22(20)27-18-12-7-13-19(26-18)28-23-21(25(30)32-2)15-9-4-6-11-17(15)34-23/h7,12-13H,3-6,8-11H2,1-2H3,(H2,26,27,28). The largest absolute Gasteiger partial charge is 0.465 e. The van der Waals surface area contributed by atoms with E-state index in [9.17, 15) is 9.59 Å². The van der Waals surface area contributed by atoms with Gasteiger partial charge in [0.2, 0.25) is 0 Å². The molecule has 0 fully saturated rings. The Morgan fingerprint density at radius 1 is 0.765 bits per heavy atom. The van der Waals surface area contributed by atoms with Crippen molar-refractivity contribution in [2.45, 2.75) is 51.4 Å². The fourth-order valence-corrected chi connectivity index (χ4v) is 7.32. The highest BCUT2D eigenvalue weighted by Gasteiger charge is 2.28. The van der Waals surface area contributed by atoms with Crippen LogP contribution in [0.4, 0.5) is 21.6 Å². The lowest BCUT2D eigenvalue weighted by molar-refractivity contribution is 0.0592. The van der Waals surface area contributed by atoms with Crippen LogP contribution in [-0.2, 0) is 35.2 Å². The zero-order chi connectivity index (χ0) is 23.7. The van der Waals surface area contributed by atoms with Crippen LogP contribution in [0.1, 0.15) is 67.3 Å². The Morgan fingerprint density at radius 3 is 1.65 bits per heavy atom. The van der Waals surface area contributed by atoms with Crippen LogP contribution < -0.4 is 10.6 Å². The molecule has 5 rings (SSSR count). The number of thiophene rings is 2. The lowest BCUT2D eigenvalue weighted by atomic mass is 9.95. The Balaban J connectivity index is 1.44. The van der Waals surface area contributed by atoms with E-state index in [4.69, 9.17) is 14.5 Å². The quantitative estimate of drug-likeness (QED) is 0.402. The highest BCUT2D eigenvalue weighted by molar-refractivity contribution is 7.17. The number of hydrogen-bond acceptors (Lipinski definition) is 9. The summed E-state index contributed by atoms with van der Waals surface area (Å²) in [4.78, 5) is 32.3. The maximum absolute atomic E-state index is 12.6. The van der Waals surface area contributed by atoms with E-state index in [1.54, 1.807) is 22.7 Å². The summed E-state index contributed by atoms with van der Waals surface area (Å²) in [6.07, 6.45) is 8.20. The van der Waals surface area contributed by atoms with Gasteiger partial charge in [0.25, 0.3) is 0 Å². The average Bonchev–Trinajstić information content (AvgIpc) is 3.40. The number of methoxy groups -OCH3 is 2. The second kappa shape index (κ2) is 9.76. The van der Waals surface area contributed by atoms with E-state index in [0.717, 1.165) is 72.5 Å². The summed E-state index contributed by atoms with van der Waals surface area (Å²) in [7, 11) is 2.84. The predicted octanol–water partition coefficient (Wildman–Crippen LogP) is 6.02. The van der Waals surface area contributed by atoms with Crippen LogP contribution in [0.3, 0.4) is 0 Å². The first-order chi connectivity index (χ1) is 16.6. The summed E-state index contributed by atoms with van der Waals surface area (Å²) in [5, 5.41) is 8.23. The smallest absolute Gasteiger partial charge is 0.341 e. The highest BCUT2D eigenvalue weighted by Crippen LogP contribution is 2.41. The molecule has 0 unspecified atom stereocenters. The molecule has 0 atom stereocenters. The lowest BCUT2D eigenvalue weighted by Gasteiger charge is -2.12. The van der Waals surface area contributed by atoms with Crippen molar-refractivity contribution in [1.29, 1.82) is 0 Å². The molecule has 2 aliphatic rings. The average molecular weight is 498 g/mol. The Kier molecular flexibility index (Phi) is 6.56.